The maximum absolute atomic E-state index is 12.4. The van der Waals surface area contributed by atoms with Gasteiger partial charge in [-0.05, 0) is 55.9 Å². The van der Waals surface area contributed by atoms with Crippen LogP contribution in [0.1, 0.15) is 46.5 Å². The molecule has 6 heteroatoms. The maximum Gasteiger partial charge on any atom is 0.226 e. The maximum atomic E-state index is 12.4. The van der Waals surface area contributed by atoms with E-state index in [9.17, 15) is 9.59 Å². The van der Waals surface area contributed by atoms with Gasteiger partial charge in [0.15, 0.2) is 0 Å². The molecule has 1 atom stereocenters. The van der Waals surface area contributed by atoms with Crippen LogP contribution in [0.15, 0.2) is 24.3 Å². The SMILES string of the molecule is CC(C)CCN(c1ccc(N)cc1)C1CCN(C(=O)[CH]CC(C)C(N)=O)CC1. The van der Waals surface area contributed by atoms with Gasteiger partial charge in [-0.15, -0.1) is 0 Å². The molecule has 1 fully saturated rings. The van der Waals surface area contributed by atoms with E-state index in [1.165, 1.54) is 5.69 Å². The van der Waals surface area contributed by atoms with Crippen molar-refractivity contribution in [3.63, 3.8) is 0 Å². The number of likely N-dealkylation sites (tertiary alicyclic amines) is 1. The third kappa shape index (κ3) is 6.43. The van der Waals surface area contributed by atoms with Crippen molar-refractivity contribution in [2.24, 2.45) is 17.6 Å². The minimum atomic E-state index is -0.368. The summed E-state index contributed by atoms with van der Waals surface area (Å²) in [5.41, 5.74) is 13.1. The lowest BCUT2D eigenvalue weighted by molar-refractivity contribution is -0.129. The molecule has 1 unspecified atom stereocenters. The summed E-state index contributed by atoms with van der Waals surface area (Å²) in [5.74, 6) is -0.0295. The fraction of sp³-hybridized carbons (Fsp3) is 0.591. The van der Waals surface area contributed by atoms with E-state index >= 15 is 0 Å². The van der Waals surface area contributed by atoms with Gasteiger partial charge in [0.05, 0.1) is 6.42 Å². The highest BCUT2D eigenvalue weighted by Crippen LogP contribution is 2.26. The summed E-state index contributed by atoms with van der Waals surface area (Å²) in [5, 5.41) is 0. The first-order valence-electron chi connectivity index (χ1n) is 10.3. The van der Waals surface area contributed by atoms with Crippen LogP contribution in [0.5, 0.6) is 0 Å². The van der Waals surface area contributed by atoms with Gasteiger partial charge in [0.1, 0.15) is 0 Å². The minimum absolute atomic E-state index is 0.00719. The molecule has 0 aliphatic carbocycles. The van der Waals surface area contributed by atoms with Gasteiger partial charge in [-0.2, -0.15) is 0 Å². The van der Waals surface area contributed by atoms with Crippen molar-refractivity contribution < 1.29 is 9.59 Å². The van der Waals surface area contributed by atoms with E-state index in [1.54, 1.807) is 13.3 Å². The largest absolute Gasteiger partial charge is 0.399 e. The molecular weight excluding hydrogens is 352 g/mol. The number of carbonyl (C=O) groups is 2. The smallest absolute Gasteiger partial charge is 0.226 e. The van der Waals surface area contributed by atoms with Crippen LogP contribution in [-0.4, -0.2) is 42.4 Å². The summed E-state index contributed by atoms with van der Waals surface area (Å²) >= 11 is 0. The molecule has 28 heavy (non-hydrogen) atoms. The van der Waals surface area contributed by atoms with Crippen LogP contribution in [0.3, 0.4) is 0 Å². The molecule has 0 aromatic heterocycles. The second-order valence-electron chi connectivity index (χ2n) is 8.27. The molecule has 1 aliphatic heterocycles. The zero-order chi connectivity index (χ0) is 20.7. The second kappa shape index (κ2) is 10.3. The van der Waals surface area contributed by atoms with E-state index in [1.807, 2.05) is 17.0 Å². The second-order valence-corrected chi connectivity index (χ2v) is 8.27. The average Bonchev–Trinajstić information content (AvgIpc) is 2.67. The number of benzene rings is 1. The van der Waals surface area contributed by atoms with E-state index in [4.69, 9.17) is 11.5 Å². The number of primary amides is 1. The Balaban J connectivity index is 1.94. The molecule has 1 saturated heterocycles. The van der Waals surface area contributed by atoms with Crippen LogP contribution in [-0.2, 0) is 9.59 Å². The Hall–Kier alpha value is -2.24. The molecule has 0 bridgehead atoms. The van der Waals surface area contributed by atoms with Gasteiger partial charge in [0.25, 0.3) is 0 Å². The molecule has 1 aromatic carbocycles. The number of rotatable bonds is 9. The lowest BCUT2D eigenvalue weighted by atomic mass is 9.99. The number of hydrogen-bond donors (Lipinski definition) is 2. The highest BCUT2D eigenvalue weighted by atomic mass is 16.2. The summed E-state index contributed by atoms with van der Waals surface area (Å²) in [7, 11) is 0. The van der Waals surface area contributed by atoms with E-state index in [-0.39, 0.29) is 17.7 Å². The number of amides is 2. The molecule has 0 spiro atoms. The van der Waals surface area contributed by atoms with Crippen LogP contribution < -0.4 is 16.4 Å². The monoisotopic (exact) mass is 387 g/mol. The third-order valence-corrected chi connectivity index (χ3v) is 5.52. The van der Waals surface area contributed by atoms with Crippen molar-refractivity contribution in [2.45, 2.75) is 52.5 Å². The topological polar surface area (TPSA) is 92.7 Å². The quantitative estimate of drug-likeness (QED) is 0.637. The van der Waals surface area contributed by atoms with Crippen molar-refractivity contribution >= 4 is 23.2 Å². The lowest BCUT2D eigenvalue weighted by Gasteiger charge is -2.40. The van der Waals surface area contributed by atoms with Crippen LogP contribution >= 0.6 is 0 Å². The van der Waals surface area contributed by atoms with E-state index in [2.05, 4.69) is 30.9 Å². The van der Waals surface area contributed by atoms with Crippen molar-refractivity contribution in [2.75, 3.05) is 30.3 Å². The highest BCUT2D eigenvalue weighted by molar-refractivity contribution is 5.86. The fourth-order valence-corrected chi connectivity index (χ4v) is 3.51. The summed E-state index contributed by atoms with van der Waals surface area (Å²) in [4.78, 5) is 27.9. The Labute approximate surface area is 169 Å². The van der Waals surface area contributed by atoms with Crippen LogP contribution in [0, 0.1) is 18.3 Å². The third-order valence-electron chi connectivity index (χ3n) is 5.52. The summed E-state index contributed by atoms with van der Waals surface area (Å²) in [6, 6.07) is 8.49. The van der Waals surface area contributed by atoms with Crippen molar-refractivity contribution in [1.29, 1.82) is 0 Å². The van der Waals surface area contributed by atoms with E-state index in [0.717, 1.165) is 44.6 Å². The van der Waals surface area contributed by atoms with Gasteiger partial charge in [-0.1, -0.05) is 20.8 Å². The van der Waals surface area contributed by atoms with Gasteiger partial charge >= 0.3 is 0 Å². The fourth-order valence-electron chi connectivity index (χ4n) is 3.51. The van der Waals surface area contributed by atoms with E-state index in [0.29, 0.717) is 18.4 Å². The molecule has 1 radical (unpaired) electrons. The van der Waals surface area contributed by atoms with Gasteiger partial charge < -0.3 is 21.3 Å². The molecule has 4 N–H and O–H groups in total. The Bertz CT molecular complexity index is 636. The van der Waals surface area contributed by atoms with Gasteiger partial charge in [-0.25, -0.2) is 0 Å². The normalized spacial score (nSPS) is 16.2. The Kier molecular flexibility index (Phi) is 8.15. The Morgan fingerprint density at radius 1 is 1.18 bits per heavy atom. The molecular formula is C22H35N4O2. The van der Waals surface area contributed by atoms with E-state index < -0.39 is 0 Å². The number of carbonyl (C=O) groups excluding carboxylic acids is 2. The minimum Gasteiger partial charge on any atom is -0.399 e. The summed E-state index contributed by atoms with van der Waals surface area (Å²) in [6.07, 6.45) is 5.01. The van der Waals surface area contributed by atoms with Gasteiger partial charge in [0.2, 0.25) is 11.8 Å². The first-order valence-corrected chi connectivity index (χ1v) is 10.3. The van der Waals surface area contributed by atoms with Crippen molar-refractivity contribution in [3.05, 3.63) is 30.7 Å². The zero-order valence-corrected chi connectivity index (χ0v) is 17.4. The molecule has 2 amide bonds. The predicted molar refractivity (Wildman–Crippen MR) is 115 cm³/mol. The van der Waals surface area contributed by atoms with Gasteiger partial charge in [-0.3, -0.25) is 9.59 Å². The van der Waals surface area contributed by atoms with Crippen LogP contribution in [0.2, 0.25) is 0 Å². The number of anilines is 2. The molecule has 0 saturated carbocycles. The predicted octanol–water partition coefficient (Wildman–Crippen LogP) is 2.83. The number of nitrogens with zero attached hydrogens (tertiary/aromatic N) is 2. The van der Waals surface area contributed by atoms with Crippen LogP contribution in [0.4, 0.5) is 11.4 Å². The van der Waals surface area contributed by atoms with Crippen LogP contribution in [0.25, 0.3) is 0 Å². The standard InChI is InChI=1S/C22H35N4O2/c1-16(2)10-15-26(19-7-5-18(23)6-8-19)20-11-13-25(14-12-20)21(27)9-4-17(3)22(24)28/h5-9,16-17,20H,4,10-15,23H2,1-3H3,(H2,24,28). The van der Waals surface area contributed by atoms with Crippen molar-refractivity contribution in [1.82, 2.24) is 4.90 Å². The molecule has 6 nitrogen and oxygen atoms in total. The highest BCUT2D eigenvalue weighted by Gasteiger charge is 2.27. The Morgan fingerprint density at radius 2 is 1.79 bits per heavy atom. The Morgan fingerprint density at radius 3 is 2.32 bits per heavy atom. The first-order chi connectivity index (χ1) is 13.3. The van der Waals surface area contributed by atoms with Gasteiger partial charge in [0, 0.05) is 43.0 Å². The lowest BCUT2D eigenvalue weighted by Crippen LogP contribution is -2.47. The molecule has 2 rings (SSSR count). The number of hydrogen-bond acceptors (Lipinski definition) is 4. The number of nitrogens with two attached hydrogens (primary N) is 2. The first kappa shape index (κ1) is 22.1. The summed E-state index contributed by atoms with van der Waals surface area (Å²) < 4.78 is 0. The summed E-state index contributed by atoms with van der Waals surface area (Å²) in [6.45, 7) is 8.70. The molecule has 1 aliphatic rings. The molecule has 1 heterocycles. The number of piperidine rings is 1. The molecule has 1 aromatic rings. The number of nitrogen functional groups attached to an aromatic ring is 1. The molecule has 155 valence electrons. The zero-order valence-electron chi connectivity index (χ0n) is 17.4. The van der Waals surface area contributed by atoms with Crippen molar-refractivity contribution in [3.8, 4) is 0 Å². The average molecular weight is 388 g/mol.